The van der Waals surface area contributed by atoms with E-state index in [1.165, 1.54) is 0 Å². The van der Waals surface area contributed by atoms with Crippen LogP contribution in [0.15, 0.2) is 0 Å². The fourth-order valence-electron chi connectivity index (χ4n) is 2.79. The Bertz CT molecular complexity index is 296. The van der Waals surface area contributed by atoms with Gasteiger partial charge < -0.3 is 16.2 Å². The molecule has 1 amide bonds. The Morgan fingerprint density at radius 2 is 1.88 bits per heavy atom. The van der Waals surface area contributed by atoms with E-state index in [1.807, 2.05) is 13.8 Å². The highest BCUT2D eigenvalue weighted by molar-refractivity contribution is 5.85. The van der Waals surface area contributed by atoms with E-state index in [4.69, 9.17) is 16.2 Å². The zero-order chi connectivity index (χ0) is 12.6. The molecule has 0 spiro atoms. The van der Waals surface area contributed by atoms with Crippen molar-refractivity contribution >= 4 is 5.91 Å². The molecule has 0 aromatic carbocycles. The predicted octanol–water partition coefficient (Wildman–Crippen LogP) is -0.312. The number of nitrogens with two attached hydrogens (primary N) is 2. The number of hydrogen-bond acceptors (Lipinski definition) is 4. The van der Waals surface area contributed by atoms with Crippen molar-refractivity contribution in [2.45, 2.75) is 44.4 Å². The number of morpholine rings is 1. The minimum Gasteiger partial charge on any atom is -0.373 e. The van der Waals surface area contributed by atoms with Crippen LogP contribution in [0.1, 0.15) is 26.7 Å². The van der Waals surface area contributed by atoms with E-state index in [1.54, 1.807) is 0 Å². The number of primary amides is 1. The molecule has 0 aromatic heterocycles. The van der Waals surface area contributed by atoms with E-state index in [-0.39, 0.29) is 24.0 Å². The maximum atomic E-state index is 11.6. The van der Waals surface area contributed by atoms with E-state index >= 15 is 0 Å². The van der Waals surface area contributed by atoms with E-state index in [0.29, 0.717) is 6.54 Å². The molecule has 1 aliphatic heterocycles. The molecule has 98 valence electrons. The number of nitrogens with zero attached hydrogens (tertiary/aromatic N) is 1. The van der Waals surface area contributed by atoms with Gasteiger partial charge in [-0.15, -0.1) is 0 Å². The van der Waals surface area contributed by atoms with Gasteiger partial charge in [0, 0.05) is 19.6 Å². The Kier molecular flexibility index (Phi) is 3.43. The lowest BCUT2D eigenvalue weighted by atomic mass is 9.92. The van der Waals surface area contributed by atoms with Gasteiger partial charge in [0.25, 0.3) is 0 Å². The maximum Gasteiger partial charge on any atom is 0.239 e. The summed E-state index contributed by atoms with van der Waals surface area (Å²) in [6, 6.07) is 0. The molecule has 0 aromatic rings. The van der Waals surface area contributed by atoms with E-state index in [9.17, 15) is 4.79 Å². The fraction of sp³-hybridized carbons (Fsp3) is 0.917. The van der Waals surface area contributed by atoms with Crippen molar-refractivity contribution in [3.05, 3.63) is 0 Å². The van der Waals surface area contributed by atoms with Crippen LogP contribution in [0, 0.1) is 5.92 Å². The molecule has 0 radical (unpaired) electrons. The first-order valence-electron chi connectivity index (χ1n) is 6.38. The molecule has 1 aliphatic carbocycles. The summed E-state index contributed by atoms with van der Waals surface area (Å²) in [5.74, 6) is -0.0970. The van der Waals surface area contributed by atoms with Gasteiger partial charge in [0.2, 0.25) is 5.91 Å². The van der Waals surface area contributed by atoms with Gasteiger partial charge >= 0.3 is 0 Å². The van der Waals surface area contributed by atoms with Gasteiger partial charge in [0.15, 0.2) is 0 Å². The molecule has 5 heteroatoms. The quantitative estimate of drug-likeness (QED) is 0.707. The molecule has 2 fully saturated rings. The molecule has 1 heterocycles. The number of ether oxygens (including phenoxy) is 1. The third kappa shape index (κ3) is 2.78. The van der Waals surface area contributed by atoms with Gasteiger partial charge in [-0.25, -0.2) is 0 Å². The Balaban J connectivity index is 2.00. The summed E-state index contributed by atoms with van der Waals surface area (Å²) >= 11 is 0. The van der Waals surface area contributed by atoms with Crippen molar-refractivity contribution in [3.8, 4) is 0 Å². The van der Waals surface area contributed by atoms with Gasteiger partial charge in [0.05, 0.1) is 12.2 Å². The Morgan fingerprint density at radius 1 is 1.35 bits per heavy atom. The summed E-state index contributed by atoms with van der Waals surface area (Å²) in [5, 5.41) is 0. The molecular weight excluding hydrogens is 218 g/mol. The van der Waals surface area contributed by atoms with Crippen LogP contribution < -0.4 is 11.5 Å². The third-order valence-electron chi connectivity index (χ3n) is 3.75. The van der Waals surface area contributed by atoms with Crippen molar-refractivity contribution < 1.29 is 9.53 Å². The monoisotopic (exact) mass is 241 g/mol. The Labute approximate surface area is 102 Å². The van der Waals surface area contributed by atoms with Crippen LogP contribution in [0.5, 0.6) is 0 Å². The zero-order valence-corrected chi connectivity index (χ0v) is 10.7. The van der Waals surface area contributed by atoms with Gasteiger partial charge in [0.1, 0.15) is 5.54 Å². The number of carbonyl (C=O) groups excluding carboxylic acids is 1. The molecule has 2 aliphatic rings. The number of amides is 1. The third-order valence-corrected chi connectivity index (χ3v) is 3.75. The number of carbonyl (C=O) groups is 1. The first-order valence-corrected chi connectivity index (χ1v) is 6.38. The van der Waals surface area contributed by atoms with E-state index in [0.717, 1.165) is 25.9 Å². The van der Waals surface area contributed by atoms with Gasteiger partial charge in [-0.05, 0) is 32.6 Å². The smallest absolute Gasteiger partial charge is 0.239 e. The summed E-state index contributed by atoms with van der Waals surface area (Å²) in [5.41, 5.74) is 10.8. The minimum absolute atomic E-state index is 0.190. The van der Waals surface area contributed by atoms with Crippen LogP contribution in [0.3, 0.4) is 0 Å². The lowest BCUT2D eigenvalue weighted by molar-refractivity contribution is -0.126. The Hall–Kier alpha value is -0.650. The van der Waals surface area contributed by atoms with Crippen molar-refractivity contribution in [1.82, 2.24) is 4.90 Å². The molecule has 1 saturated carbocycles. The van der Waals surface area contributed by atoms with Crippen molar-refractivity contribution in [1.29, 1.82) is 0 Å². The molecule has 5 nitrogen and oxygen atoms in total. The number of rotatable bonds is 4. The molecule has 17 heavy (non-hydrogen) atoms. The average Bonchev–Trinajstić information content (AvgIpc) is 2.97. The first-order chi connectivity index (χ1) is 7.91. The van der Waals surface area contributed by atoms with Gasteiger partial charge in [-0.1, -0.05) is 0 Å². The summed E-state index contributed by atoms with van der Waals surface area (Å²) in [6.07, 6.45) is 2.43. The normalized spacial score (nSPS) is 34.3. The lowest BCUT2D eigenvalue weighted by Gasteiger charge is -2.39. The molecule has 3 atom stereocenters. The predicted molar refractivity (Wildman–Crippen MR) is 65.3 cm³/mol. The molecule has 1 saturated heterocycles. The molecular formula is C12H23N3O2. The highest BCUT2D eigenvalue weighted by Gasteiger charge is 2.48. The average molecular weight is 241 g/mol. The lowest BCUT2D eigenvalue weighted by Crippen LogP contribution is -2.62. The van der Waals surface area contributed by atoms with Crippen molar-refractivity contribution in [2.75, 3.05) is 19.6 Å². The van der Waals surface area contributed by atoms with Gasteiger partial charge in [-0.2, -0.15) is 0 Å². The van der Waals surface area contributed by atoms with Crippen LogP contribution in [-0.4, -0.2) is 48.2 Å². The van der Waals surface area contributed by atoms with E-state index in [2.05, 4.69) is 4.90 Å². The molecule has 2 rings (SSSR count). The zero-order valence-electron chi connectivity index (χ0n) is 10.7. The summed E-state index contributed by atoms with van der Waals surface area (Å²) in [7, 11) is 0. The summed E-state index contributed by atoms with van der Waals surface area (Å²) < 4.78 is 5.67. The number of hydrogen-bond donors (Lipinski definition) is 2. The molecule has 3 unspecified atom stereocenters. The fourth-order valence-corrected chi connectivity index (χ4v) is 2.79. The first kappa shape index (κ1) is 12.8. The maximum absolute atomic E-state index is 11.6. The minimum atomic E-state index is -0.850. The largest absolute Gasteiger partial charge is 0.373 e. The van der Waals surface area contributed by atoms with Gasteiger partial charge in [-0.3, -0.25) is 9.69 Å². The van der Waals surface area contributed by atoms with E-state index < -0.39 is 5.54 Å². The standard InChI is InChI=1S/C12H23N3O2/c1-8-5-15(6-9(2)17-8)7-12(14,11(13)16)10-3-4-10/h8-10H,3-7,14H2,1-2H3,(H2,13,16). The second kappa shape index (κ2) is 4.55. The second-order valence-electron chi connectivity index (χ2n) is 5.63. The van der Waals surface area contributed by atoms with Crippen LogP contribution >= 0.6 is 0 Å². The second-order valence-corrected chi connectivity index (χ2v) is 5.63. The Morgan fingerprint density at radius 3 is 2.29 bits per heavy atom. The summed E-state index contributed by atoms with van der Waals surface area (Å²) in [4.78, 5) is 13.8. The summed E-state index contributed by atoms with van der Waals surface area (Å²) in [6.45, 7) is 6.29. The topological polar surface area (TPSA) is 81.6 Å². The molecule has 4 N–H and O–H groups in total. The molecule has 0 bridgehead atoms. The highest BCUT2D eigenvalue weighted by atomic mass is 16.5. The highest BCUT2D eigenvalue weighted by Crippen LogP contribution is 2.38. The van der Waals surface area contributed by atoms with Crippen LogP contribution in [0.2, 0.25) is 0 Å². The van der Waals surface area contributed by atoms with Crippen molar-refractivity contribution in [3.63, 3.8) is 0 Å². The van der Waals surface area contributed by atoms with Crippen LogP contribution in [0.25, 0.3) is 0 Å². The SMILES string of the molecule is CC1CN(CC(N)(C(N)=O)C2CC2)CC(C)O1. The van der Waals surface area contributed by atoms with Crippen molar-refractivity contribution in [2.24, 2.45) is 17.4 Å². The van der Waals surface area contributed by atoms with Crippen LogP contribution in [-0.2, 0) is 9.53 Å². The van der Waals surface area contributed by atoms with Crippen LogP contribution in [0.4, 0.5) is 0 Å².